The highest BCUT2D eigenvalue weighted by Gasteiger charge is 2.10. The first kappa shape index (κ1) is 20.5. The van der Waals surface area contributed by atoms with Crippen molar-refractivity contribution in [3.05, 3.63) is 53.9 Å². The number of benzene rings is 2. The van der Waals surface area contributed by atoms with Crippen LogP contribution in [-0.2, 0) is 11.3 Å². The Balaban J connectivity index is 1.49. The molecule has 2 aromatic carbocycles. The van der Waals surface area contributed by atoms with Crippen LogP contribution in [0.15, 0.2) is 47.6 Å². The smallest absolute Gasteiger partial charge is 0.234 e. The Hall–Kier alpha value is -3.20. The van der Waals surface area contributed by atoms with Gasteiger partial charge in [0.1, 0.15) is 17.3 Å². The number of nitrogens with one attached hydrogen (secondary N) is 3. The highest BCUT2D eigenvalue weighted by Crippen LogP contribution is 2.26. The quantitative estimate of drug-likeness (QED) is 0.462. The third-order valence-corrected chi connectivity index (χ3v) is 4.80. The molecule has 152 valence electrons. The molecule has 8 nitrogen and oxygen atoms in total. The Morgan fingerprint density at radius 2 is 1.86 bits per heavy atom. The van der Waals surface area contributed by atoms with Crippen molar-refractivity contribution in [1.29, 1.82) is 0 Å². The number of nitrogens with zero attached hydrogens (tertiary/aromatic N) is 2. The Kier molecular flexibility index (Phi) is 6.96. The van der Waals surface area contributed by atoms with Crippen molar-refractivity contribution in [1.82, 2.24) is 15.2 Å². The summed E-state index contributed by atoms with van der Waals surface area (Å²) in [6.45, 7) is 2.56. The fraction of sp³-hybridized carbons (Fsp3) is 0.250. The molecule has 1 heterocycles. The molecule has 0 aliphatic carbocycles. The maximum absolute atomic E-state index is 12.2. The van der Waals surface area contributed by atoms with E-state index in [2.05, 4.69) is 31.9 Å². The zero-order chi connectivity index (χ0) is 20.6. The third kappa shape index (κ3) is 6.15. The lowest BCUT2D eigenvalue weighted by molar-refractivity contribution is -0.113. The number of aromatic amines is 1. The van der Waals surface area contributed by atoms with Gasteiger partial charge in [0.15, 0.2) is 0 Å². The molecule has 3 rings (SSSR count). The van der Waals surface area contributed by atoms with E-state index in [0.29, 0.717) is 34.7 Å². The van der Waals surface area contributed by atoms with Crippen molar-refractivity contribution in [3.63, 3.8) is 0 Å². The molecular weight excluding hydrogens is 390 g/mol. The van der Waals surface area contributed by atoms with Crippen LogP contribution >= 0.6 is 11.8 Å². The van der Waals surface area contributed by atoms with Gasteiger partial charge in [-0.3, -0.25) is 9.89 Å². The van der Waals surface area contributed by atoms with Gasteiger partial charge in [-0.25, -0.2) is 4.98 Å². The Bertz CT molecular complexity index is 954. The summed E-state index contributed by atoms with van der Waals surface area (Å²) in [6, 6.07) is 13.3. The Morgan fingerprint density at radius 1 is 1.10 bits per heavy atom. The van der Waals surface area contributed by atoms with Crippen molar-refractivity contribution in [2.45, 2.75) is 18.6 Å². The van der Waals surface area contributed by atoms with Gasteiger partial charge in [0.25, 0.3) is 0 Å². The van der Waals surface area contributed by atoms with E-state index in [9.17, 15) is 4.79 Å². The van der Waals surface area contributed by atoms with Crippen LogP contribution in [0.2, 0.25) is 0 Å². The SMILES string of the molecule is COc1cc(NC(=O)CSc2n[nH]c(CNc3cccc(C)c3)n2)cc(OC)c1. The minimum absolute atomic E-state index is 0.172. The van der Waals surface area contributed by atoms with Crippen LogP contribution in [0, 0.1) is 6.92 Å². The van der Waals surface area contributed by atoms with Crippen molar-refractivity contribution in [2.75, 3.05) is 30.6 Å². The average Bonchev–Trinajstić information content (AvgIpc) is 3.18. The first-order valence-corrected chi connectivity index (χ1v) is 9.92. The van der Waals surface area contributed by atoms with Crippen molar-refractivity contribution >= 4 is 29.0 Å². The average molecular weight is 414 g/mol. The molecule has 0 fully saturated rings. The lowest BCUT2D eigenvalue weighted by atomic mass is 10.2. The van der Waals surface area contributed by atoms with E-state index in [-0.39, 0.29) is 11.7 Å². The van der Waals surface area contributed by atoms with Crippen molar-refractivity contribution < 1.29 is 14.3 Å². The highest BCUT2D eigenvalue weighted by molar-refractivity contribution is 7.99. The molecule has 3 aromatic rings. The Labute approximate surface area is 173 Å². The number of H-pyrrole nitrogens is 1. The highest BCUT2D eigenvalue weighted by atomic mass is 32.2. The van der Waals surface area contributed by atoms with Crippen LogP contribution < -0.4 is 20.1 Å². The minimum atomic E-state index is -0.172. The van der Waals surface area contributed by atoms with Gasteiger partial charge in [0.2, 0.25) is 11.1 Å². The number of thioether (sulfide) groups is 1. The molecular formula is C20H23N5O3S. The van der Waals surface area contributed by atoms with E-state index in [1.165, 1.54) is 17.3 Å². The van der Waals surface area contributed by atoms with Gasteiger partial charge in [-0.1, -0.05) is 23.9 Å². The Morgan fingerprint density at radius 3 is 2.55 bits per heavy atom. The van der Waals surface area contributed by atoms with E-state index >= 15 is 0 Å². The van der Waals surface area contributed by atoms with Gasteiger partial charge in [-0.2, -0.15) is 0 Å². The number of methoxy groups -OCH3 is 2. The van der Waals surface area contributed by atoms with Crippen LogP contribution in [0.3, 0.4) is 0 Å². The largest absolute Gasteiger partial charge is 0.497 e. The van der Waals surface area contributed by atoms with E-state index in [4.69, 9.17) is 9.47 Å². The molecule has 3 N–H and O–H groups in total. The van der Waals surface area contributed by atoms with Crippen molar-refractivity contribution in [2.24, 2.45) is 0 Å². The zero-order valence-corrected chi connectivity index (χ0v) is 17.3. The lowest BCUT2D eigenvalue weighted by Gasteiger charge is -2.09. The number of ether oxygens (including phenoxy) is 2. The molecule has 0 radical (unpaired) electrons. The zero-order valence-electron chi connectivity index (χ0n) is 16.5. The van der Waals surface area contributed by atoms with Gasteiger partial charge >= 0.3 is 0 Å². The van der Waals surface area contributed by atoms with E-state index in [1.54, 1.807) is 32.4 Å². The summed E-state index contributed by atoms with van der Waals surface area (Å²) in [7, 11) is 3.12. The molecule has 9 heteroatoms. The number of aromatic nitrogens is 3. The summed E-state index contributed by atoms with van der Waals surface area (Å²) >= 11 is 1.26. The molecule has 0 aliphatic rings. The first-order valence-electron chi connectivity index (χ1n) is 8.93. The van der Waals surface area contributed by atoms with Gasteiger partial charge in [-0.15, -0.1) is 5.10 Å². The van der Waals surface area contributed by atoms with E-state index in [0.717, 1.165) is 5.69 Å². The molecule has 0 unspecified atom stereocenters. The van der Waals surface area contributed by atoms with Gasteiger partial charge in [0.05, 0.1) is 26.5 Å². The monoisotopic (exact) mass is 413 g/mol. The third-order valence-electron chi connectivity index (χ3n) is 3.96. The molecule has 0 bridgehead atoms. The summed E-state index contributed by atoms with van der Waals surface area (Å²) in [4.78, 5) is 16.6. The molecule has 0 aliphatic heterocycles. The van der Waals surface area contributed by atoms with Crippen LogP contribution in [0.1, 0.15) is 11.4 Å². The van der Waals surface area contributed by atoms with E-state index < -0.39 is 0 Å². The number of carbonyl (C=O) groups excluding carboxylic acids is 1. The van der Waals surface area contributed by atoms with Crippen LogP contribution in [-0.4, -0.2) is 41.1 Å². The molecule has 1 amide bonds. The summed E-state index contributed by atoms with van der Waals surface area (Å²) in [6.07, 6.45) is 0. The second-order valence-corrected chi connectivity index (χ2v) is 7.17. The predicted octanol–water partition coefficient (Wildman–Crippen LogP) is 3.47. The molecule has 0 saturated carbocycles. The van der Waals surface area contributed by atoms with Crippen molar-refractivity contribution in [3.8, 4) is 11.5 Å². The summed E-state index contributed by atoms with van der Waals surface area (Å²) in [5, 5.41) is 13.7. The predicted molar refractivity (Wildman–Crippen MR) is 114 cm³/mol. The topological polar surface area (TPSA) is 101 Å². The molecule has 0 atom stereocenters. The second-order valence-electron chi connectivity index (χ2n) is 6.23. The number of hydrogen-bond donors (Lipinski definition) is 3. The minimum Gasteiger partial charge on any atom is -0.497 e. The standard InChI is InChI=1S/C20H23N5O3S/c1-13-5-4-6-14(7-13)21-11-18-23-20(25-24-18)29-12-19(26)22-15-8-16(27-2)10-17(9-15)28-3/h4-10,21H,11-12H2,1-3H3,(H,22,26)(H,23,24,25). The lowest BCUT2D eigenvalue weighted by Crippen LogP contribution is -2.14. The van der Waals surface area contributed by atoms with Gasteiger partial charge < -0.3 is 20.1 Å². The molecule has 0 spiro atoms. The number of rotatable bonds is 9. The summed E-state index contributed by atoms with van der Waals surface area (Å²) < 4.78 is 10.4. The second kappa shape index (κ2) is 9.83. The maximum atomic E-state index is 12.2. The number of carbonyl (C=O) groups is 1. The van der Waals surface area contributed by atoms with Crippen LogP contribution in [0.4, 0.5) is 11.4 Å². The van der Waals surface area contributed by atoms with E-state index in [1.807, 2.05) is 25.1 Å². The summed E-state index contributed by atoms with van der Waals surface area (Å²) in [5.74, 6) is 1.92. The maximum Gasteiger partial charge on any atom is 0.234 e. The normalized spacial score (nSPS) is 10.4. The fourth-order valence-corrected chi connectivity index (χ4v) is 3.19. The first-order chi connectivity index (χ1) is 14.1. The summed E-state index contributed by atoms with van der Waals surface area (Å²) in [5.41, 5.74) is 2.80. The molecule has 1 aromatic heterocycles. The molecule has 29 heavy (non-hydrogen) atoms. The number of aryl methyl sites for hydroxylation is 1. The fourth-order valence-electron chi connectivity index (χ4n) is 2.57. The van der Waals surface area contributed by atoms with Crippen LogP contribution in [0.5, 0.6) is 11.5 Å². The number of amides is 1. The van der Waals surface area contributed by atoms with Gasteiger partial charge in [0, 0.05) is 29.6 Å². The number of hydrogen-bond acceptors (Lipinski definition) is 7. The molecule has 0 saturated heterocycles. The number of anilines is 2. The van der Waals surface area contributed by atoms with Crippen LogP contribution in [0.25, 0.3) is 0 Å². The van der Waals surface area contributed by atoms with Gasteiger partial charge in [-0.05, 0) is 24.6 Å².